The van der Waals surface area contributed by atoms with Gasteiger partial charge in [-0.2, -0.15) is 0 Å². The summed E-state index contributed by atoms with van der Waals surface area (Å²) in [6, 6.07) is 13.0. The molecule has 0 amide bonds. The third-order valence-electron chi connectivity index (χ3n) is 9.05. The van der Waals surface area contributed by atoms with Gasteiger partial charge in [0, 0.05) is 23.6 Å². The van der Waals surface area contributed by atoms with Gasteiger partial charge in [0.2, 0.25) is 0 Å². The summed E-state index contributed by atoms with van der Waals surface area (Å²) in [4.78, 5) is 11.4. The molecule has 1 atom stereocenters. The van der Waals surface area contributed by atoms with Gasteiger partial charge in [-0.05, 0) is 104 Å². The highest BCUT2D eigenvalue weighted by molar-refractivity contribution is 5.98. The number of carboxylic acids is 1. The van der Waals surface area contributed by atoms with Gasteiger partial charge in [0.1, 0.15) is 22.8 Å². The maximum atomic E-state index is 11.4. The van der Waals surface area contributed by atoms with Crippen molar-refractivity contribution in [1.29, 1.82) is 0 Å². The molecule has 4 bridgehead atoms. The number of aromatic hydroxyl groups is 1. The van der Waals surface area contributed by atoms with Gasteiger partial charge in [-0.15, -0.1) is 0 Å². The largest absolute Gasteiger partial charge is 0.507 e. The van der Waals surface area contributed by atoms with Crippen molar-refractivity contribution in [3.05, 3.63) is 53.6 Å². The second kappa shape index (κ2) is 8.95. The van der Waals surface area contributed by atoms with Crippen LogP contribution in [-0.4, -0.2) is 36.7 Å². The summed E-state index contributed by atoms with van der Waals surface area (Å²) in [5.41, 5.74) is 2.74. The van der Waals surface area contributed by atoms with Crippen molar-refractivity contribution >= 4 is 16.7 Å². The van der Waals surface area contributed by atoms with Crippen molar-refractivity contribution in [2.45, 2.75) is 57.2 Å². The van der Waals surface area contributed by atoms with Crippen LogP contribution in [0.5, 0.6) is 17.2 Å². The summed E-state index contributed by atoms with van der Waals surface area (Å²) >= 11 is 0. The Kier molecular flexibility index (Phi) is 5.83. The Labute approximate surface area is 217 Å². The number of rotatable bonds is 7. The number of hydrogen-bond donors (Lipinski definition) is 2. The first-order valence-electron chi connectivity index (χ1n) is 13.2. The van der Waals surface area contributed by atoms with Crippen molar-refractivity contribution in [2.24, 2.45) is 17.8 Å². The highest BCUT2D eigenvalue weighted by Crippen LogP contribution is 2.62. The molecule has 4 saturated carbocycles. The highest BCUT2D eigenvalue weighted by Gasteiger charge is 2.52. The van der Waals surface area contributed by atoms with E-state index in [2.05, 4.69) is 12.1 Å². The minimum atomic E-state index is -1.16. The molecule has 3 aromatic carbocycles. The van der Waals surface area contributed by atoms with Crippen molar-refractivity contribution in [2.75, 3.05) is 14.2 Å². The molecule has 0 heterocycles. The molecule has 2 N–H and O–H groups in total. The number of benzene rings is 3. The van der Waals surface area contributed by atoms with Gasteiger partial charge < -0.3 is 24.4 Å². The average molecular weight is 503 g/mol. The first kappa shape index (κ1) is 24.1. The number of carboxylic acid groups (broad SMARTS) is 1. The zero-order valence-corrected chi connectivity index (χ0v) is 21.6. The number of aromatic carboxylic acids is 1. The third kappa shape index (κ3) is 4.02. The molecule has 37 heavy (non-hydrogen) atoms. The normalized spacial score (nSPS) is 26.8. The van der Waals surface area contributed by atoms with E-state index in [9.17, 15) is 15.0 Å². The second-order valence-electron chi connectivity index (χ2n) is 11.4. The summed E-state index contributed by atoms with van der Waals surface area (Å²) < 4.78 is 17.9. The second-order valence-corrected chi connectivity index (χ2v) is 11.4. The van der Waals surface area contributed by atoms with Crippen LogP contribution in [0.3, 0.4) is 0 Å². The Balaban J connectivity index is 1.53. The molecule has 6 nitrogen and oxygen atoms in total. The van der Waals surface area contributed by atoms with E-state index in [0.29, 0.717) is 11.3 Å². The molecule has 0 radical (unpaired) electrons. The van der Waals surface area contributed by atoms with Gasteiger partial charge in [-0.25, -0.2) is 4.79 Å². The van der Waals surface area contributed by atoms with Crippen LogP contribution in [0.1, 0.15) is 61.4 Å². The maximum absolute atomic E-state index is 11.4. The topological polar surface area (TPSA) is 85.2 Å². The van der Waals surface area contributed by atoms with E-state index in [1.165, 1.54) is 56.2 Å². The zero-order chi connectivity index (χ0) is 25.9. The van der Waals surface area contributed by atoms with E-state index in [4.69, 9.17) is 14.2 Å². The number of hydrogen-bond acceptors (Lipinski definition) is 5. The zero-order valence-electron chi connectivity index (χ0n) is 21.6. The smallest absolute Gasteiger partial charge is 0.339 e. The lowest BCUT2D eigenvalue weighted by Gasteiger charge is -2.57. The van der Waals surface area contributed by atoms with E-state index >= 15 is 0 Å². The van der Waals surface area contributed by atoms with Crippen LogP contribution in [0.2, 0.25) is 0 Å². The SMILES string of the molecule is COc1c(-c2ccc(C(=O)O)c(O)c2)ccc2cc(OC(C)OC)c(C34CC5CC(CC(C5)C3)C4)cc12. The van der Waals surface area contributed by atoms with E-state index < -0.39 is 5.97 Å². The van der Waals surface area contributed by atoms with Gasteiger partial charge in [-0.1, -0.05) is 18.2 Å². The van der Waals surface area contributed by atoms with Crippen LogP contribution in [-0.2, 0) is 10.2 Å². The van der Waals surface area contributed by atoms with Crippen LogP contribution in [0.4, 0.5) is 0 Å². The molecule has 4 aliphatic rings. The predicted molar refractivity (Wildman–Crippen MR) is 142 cm³/mol. The molecule has 194 valence electrons. The van der Waals surface area contributed by atoms with Gasteiger partial charge >= 0.3 is 5.97 Å². The van der Waals surface area contributed by atoms with Crippen LogP contribution in [0, 0.1) is 17.8 Å². The van der Waals surface area contributed by atoms with Crippen LogP contribution in [0.25, 0.3) is 21.9 Å². The van der Waals surface area contributed by atoms with Crippen molar-refractivity contribution in [3.8, 4) is 28.4 Å². The van der Waals surface area contributed by atoms with Gasteiger partial charge in [0.15, 0.2) is 6.29 Å². The lowest BCUT2D eigenvalue weighted by atomic mass is 9.48. The Morgan fingerprint density at radius 1 is 0.973 bits per heavy atom. The Bertz CT molecular complexity index is 1340. The standard InChI is InChI=1S/C31H34O6/c1-17(35-2)37-28-12-22-4-6-23(21-5-7-24(30(33)34)27(32)11-21)29(36-3)25(22)13-26(28)31-14-18-8-19(15-31)10-20(9-18)16-31/h4-7,11-13,17-20,32H,8-10,14-16H2,1-3H3,(H,33,34). The van der Waals surface area contributed by atoms with Crippen molar-refractivity contribution < 1.29 is 29.2 Å². The third-order valence-corrected chi connectivity index (χ3v) is 9.05. The van der Waals surface area contributed by atoms with Crippen molar-refractivity contribution in [1.82, 2.24) is 0 Å². The predicted octanol–water partition coefficient (Wildman–Crippen LogP) is 6.76. The summed E-state index contributed by atoms with van der Waals surface area (Å²) in [6.07, 6.45) is 7.34. The Morgan fingerprint density at radius 2 is 1.65 bits per heavy atom. The summed E-state index contributed by atoms with van der Waals surface area (Å²) in [5.74, 6) is 2.54. The van der Waals surface area contributed by atoms with Gasteiger partial charge in [0.05, 0.1) is 7.11 Å². The number of carbonyl (C=O) groups is 1. The number of phenols is 1. The molecule has 3 aromatic rings. The average Bonchev–Trinajstić information content (AvgIpc) is 2.86. The quantitative estimate of drug-likeness (QED) is 0.347. The van der Waals surface area contributed by atoms with Crippen LogP contribution < -0.4 is 9.47 Å². The molecule has 4 aliphatic carbocycles. The van der Waals surface area contributed by atoms with Crippen LogP contribution >= 0.6 is 0 Å². The van der Waals surface area contributed by atoms with E-state index in [1.807, 2.05) is 19.1 Å². The highest BCUT2D eigenvalue weighted by atomic mass is 16.7. The molecule has 4 fully saturated rings. The fourth-order valence-corrected chi connectivity index (χ4v) is 7.83. The molecule has 1 unspecified atom stereocenters. The fraction of sp³-hybridized carbons (Fsp3) is 0.452. The molecule has 6 heteroatoms. The lowest BCUT2D eigenvalue weighted by molar-refractivity contribution is -0.0435. The first-order chi connectivity index (χ1) is 17.8. The molecule has 0 aromatic heterocycles. The molecular formula is C31H34O6. The van der Waals surface area contributed by atoms with Crippen LogP contribution in [0.15, 0.2) is 42.5 Å². The molecule has 0 aliphatic heterocycles. The number of fused-ring (bicyclic) bond motifs is 1. The minimum Gasteiger partial charge on any atom is -0.507 e. The van der Waals surface area contributed by atoms with E-state index in [-0.39, 0.29) is 23.0 Å². The van der Waals surface area contributed by atoms with E-state index in [0.717, 1.165) is 39.8 Å². The Morgan fingerprint density at radius 3 is 2.22 bits per heavy atom. The van der Waals surface area contributed by atoms with Gasteiger partial charge in [-0.3, -0.25) is 0 Å². The number of ether oxygens (including phenoxy) is 3. The summed E-state index contributed by atoms with van der Waals surface area (Å²) in [7, 11) is 3.32. The Hall–Kier alpha value is -3.25. The van der Waals surface area contributed by atoms with Gasteiger partial charge in [0.25, 0.3) is 0 Å². The fourth-order valence-electron chi connectivity index (χ4n) is 7.83. The monoisotopic (exact) mass is 502 g/mol. The number of methoxy groups -OCH3 is 2. The molecule has 7 rings (SSSR count). The molecule has 0 saturated heterocycles. The maximum Gasteiger partial charge on any atom is 0.339 e. The molecule has 0 spiro atoms. The van der Waals surface area contributed by atoms with E-state index in [1.54, 1.807) is 20.3 Å². The minimum absolute atomic E-state index is 0.105. The summed E-state index contributed by atoms with van der Waals surface area (Å²) in [5, 5.41) is 21.6. The molecular weight excluding hydrogens is 468 g/mol. The summed E-state index contributed by atoms with van der Waals surface area (Å²) in [6.45, 7) is 1.92. The van der Waals surface area contributed by atoms with Crippen molar-refractivity contribution in [3.63, 3.8) is 0 Å². The first-order valence-corrected chi connectivity index (χ1v) is 13.2. The lowest BCUT2D eigenvalue weighted by Crippen LogP contribution is -2.48.